The number of nitrogen functional groups attached to an aromatic ring is 1. The average Bonchev–Trinajstić information content (AvgIpc) is 2.23. The van der Waals surface area contributed by atoms with Crippen LogP contribution in [0.5, 0.6) is 0 Å². The fourth-order valence-corrected chi connectivity index (χ4v) is 1.13. The standard InChI is InChI=1S/C9H8N4O/c10-13-8(14)6-11-12-9(13)7-4-2-1-3-5-7/h1-6H,10H2. The van der Waals surface area contributed by atoms with Gasteiger partial charge in [0.15, 0.2) is 5.82 Å². The topological polar surface area (TPSA) is 73.8 Å². The molecule has 1 heterocycles. The Kier molecular flexibility index (Phi) is 1.98. The summed E-state index contributed by atoms with van der Waals surface area (Å²) in [7, 11) is 0. The van der Waals surface area contributed by atoms with E-state index in [4.69, 9.17) is 5.84 Å². The van der Waals surface area contributed by atoms with E-state index in [1.54, 1.807) is 0 Å². The third-order valence-corrected chi connectivity index (χ3v) is 1.82. The Hall–Kier alpha value is -2.17. The van der Waals surface area contributed by atoms with Crippen LogP contribution in [0.1, 0.15) is 0 Å². The lowest BCUT2D eigenvalue weighted by atomic mass is 10.2. The SMILES string of the molecule is Nn1c(-c2ccccc2)nncc1=O. The molecule has 0 fully saturated rings. The predicted octanol–water partition coefficient (Wildman–Crippen LogP) is 0.0191. The van der Waals surface area contributed by atoms with Gasteiger partial charge in [-0.1, -0.05) is 30.3 Å². The number of nitrogens with zero attached hydrogens (tertiary/aromatic N) is 3. The molecular weight excluding hydrogens is 180 g/mol. The van der Waals surface area contributed by atoms with E-state index in [0.29, 0.717) is 5.82 Å². The molecule has 0 saturated carbocycles. The molecule has 14 heavy (non-hydrogen) atoms. The minimum atomic E-state index is -0.376. The van der Waals surface area contributed by atoms with Gasteiger partial charge in [0.1, 0.15) is 6.20 Å². The molecule has 5 nitrogen and oxygen atoms in total. The normalized spacial score (nSPS) is 10.0. The summed E-state index contributed by atoms with van der Waals surface area (Å²) in [6.07, 6.45) is 1.08. The zero-order valence-corrected chi connectivity index (χ0v) is 7.29. The van der Waals surface area contributed by atoms with Gasteiger partial charge in [-0.25, -0.2) is 4.68 Å². The second kappa shape index (κ2) is 3.29. The molecule has 0 aliphatic rings. The monoisotopic (exact) mass is 188 g/mol. The summed E-state index contributed by atoms with van der Waals surface area (Å²) in [6.45, 7) is 0. The summed E-state index contributed by atoms with van der Waals surface area (Å²) >= 11 is 0. The van der Waals surface area contributed by atoms with Crippen molar-refractivity contribution in [1.29, 1.82) is 0 Å². The van der Waals surface area contributed by atoms with Crippen LogP contribution in [-0.2, 0) is 0 Å². The average molecular weight is 188 g/mol. The molecule has 2 N–H and O–H groups in total. The van der Waals surface area contributed by atoms with Crippen molar-refractivity contribution >= 4 is 0 Å². The molecule has 1 aromatic heterocycles. The lowest BCUT2D eigenvalue weighted by Gasteiger charge is -2.03. The Morgan fingerprint density at radius 3 is 2.64 bits per heavy atom. The second-order valence-corrected chi connectivity index (χ2v) is 2.74. The van der Waals surface area contributed by atoms with Crippen molar-refractivity contribution in [2.24, 2.45) is 0 Å². The van der Waals surface area contributed by atoms with Crippen LogP contribution in [0.25, 0.3) is 11.4 Å². The number of aromatic nitrogens is 3. The van der Waals surface area contributed by atoms with Crippen LogP contribution in [0, 0.1) is 0 Å². The highest BCUT2D eigenvalue weighted by Gasteiger charge is 2.04. The van der Waals surface area contributed by atoms with E-state index < -0.39 is 0 Å². The summed E-state index contributed by atoms with van der Waals surface area (Å²) in [5.74, 6) is 5.88. The van der Waals surface area contributed by atoms with E-state index in [0.717, 1.165) is 16.4 Å². The van der Waals surface area contributed by atoms with Gasteiger partial charge in [0.2, 0.25) is 0 Å². The molecule has 0 unspecified atom stereocenters. The number of hydrogen-bond donors (Lipinski definition) is 1. The summed E-state index contributed by atoms with van der Waals surface area (Å²) in [6, 6.07) is 9.18. The smallest absolute Gasteiger partial charge is 0.290 e. The number of benzene rings is 1. The Balaban J connectivity index is 2.64. The molecule has 0 saturated heterocycles. The third kappa shape index (κ3) is 1.35. The molecule has 0 aliphatic heterocycles. The number of hydrogen-bond acceptors (Lipinski definition) is 4. The second-order valence-electron chi connectivity index (χ2n) is 2.74. The first-order chi connectivity index (χ1) is 6.79. The Morgan fingerprint density at radius 1 is 1.21 bits per heavy atom. The molecule has 0 radical (unpaired) electrons. The van der Waals surface area contributed by atoms with Crippen LogP contribution in [0.4, 0.5) is 0 Å². The zero-order chi connectivity index (χ0) is 9.97. The van der Waals surface area contributed by atoms with Crippen molar-refractivity contribution < 1.29 is 0 Å². The van der Waals surface area contributed by atoms with Crippen molar-refractivity contribution in [2.45, 2.75) is 0 Å². The lowest BCUT2D eigenvalue weighted by molar-refractivity contribution is 0.835. The van der Waals surface area contributed by atoms with Crippen molar-refractivity contribution in [1.82, 2.24) is 14.9 Å². The molecule has 1 aromatic carbocycles. The molecular formula is C9H8N4O. The van der Waals surface area contributed by atoms with Crippen LogP contribution in [0.2, 0.25) is 0 Å². The van der Waals surface area contributed by atoms with Gasteiger partial charge in [0, 0.05) is 5.56 Å². The van der Waals surface area contributed by atoms with E-state index >= 15 is 0 Å². The van der Waals surface area contributed by atoms with Crippen LogP contribution >= 0.6 is 0 Å². The molecule has 0 bridgehead atoms. The van der Waals surface area contributed by atoms with E-state index in [-0.39, 0.29) is 5.56 Å². The van der Waals surface area contributed by atoms with Crippen molar-refractivity contribution in [2.75, 3.05) is 5.84 Å². The third-order valence-electron chi connectivity index (χ3n) is 1.82. The van der Waals surface area contributed by atoms with Crippen LogP contribution in [0.15, 0.2) is 41.3 Å². The number of nitrogens with two attached hydrogens (primary N) is 1. The first-order valence-corrected chi connectivity index (χ1v) is 4.04. The maximum absolute atomic E-state index is 11.1. The Morgan fingerprint density at radius 2 is 1.93 bits per heavy atom. The van der Waals surface area contributed by atoms with Crippen LogP contribution in [0.3, 0.4) is 0 Å². The Labute approximate surface area is 79.8 Å². The zero-order valence-electron chi connectivity index (χ0n) is 7.29. The first-order valence-electron chi connectivity index (χ1n) is 4.04. The van der Waals surface area contributed by atoms with Gasteiger partial charge in [-0.2, -0.15) is 5.10 Å². The van der Waals surface area contributed by atoms with Crippen molar-refractivity contribution in [3.05, 3.63) is 46.9 Å². The largest absolute Gasteiger partial charge is 0.334 e. The lowest BCUT2D eigenvalue weighted by Crippen LogP contribution is -2.29. The minimum Gasteiger partial charge on any atom is -0.334 e. The molecule has 0 spiro atoms. The van der Waals surface area contributed by atoms with E-state index in [1.165, 1.54) is 0 Å². The molecule has 0 amide bonds. The maximum atomic E-state index is 11.1. The minimum absolute atomic E-state index is 0.359. The van der Waals surface area contributed by atoms with Crippen LogP contribution < -0.4 is 11.4 Å². The van der Waals surface area contributed by atoms with Gasteiger partial charge in [-0.05, 0) is 0 Å². The first kappa shape index (κ1) is 8.43. The highest BCUT2D eigenvalue weighted by Crippen LogP contribution is 2.11. The molecule has 5 heteroatoms. The quantitative estimate of drug-likeness (QED) is 0.640. The fourth-order valence-electron chi connectivity index (χ4n) is 1.13. The molecule has 0 atom stereocenters. The summed E-state index contributed by atoms with van der Waals surface area (Å²) in [5.41, 5.74) is 0.388. The van der Waals surface area contributed by atoms with E-state index in [2.05, 4.69) is 10.2 Å². The van der Waals surface area contributed by atoms with Gasteiger partial charge in [-0.3, -0.25) is 4.79 Å². The molecule has 2 aromatic rings. The van der Waals surface area contributed by atoms with E-state index in [9.17, 15) is 4.79 Å². The highest BCUT2D eigenvalue weighted by atomic mass is 16.1. The molecule has 0 aliphatic carbocycles. The van der Waals surface area contributed by atoms with Crippen molar-refractivity contribution in [3.8, 4) is 11.4 Å². The van der Waals surface area contributed by atoms with Crippen LogP contribution in [-0.4, -0.2) is 14.9 Å². The van der Waals surface area contributed by atoms with E-state index in [1.807, 2.05) is 30.3 Å². The summed E-state index contributed by atoms with van der Waals surface area (Å²) in [4.78, 5) is 11.1. The van der Waals surface area contributed by atoms with Gasteiger partial charge in [-0.15, -0.1) is 5.10 Å². The van der Waals surface area contributed by atoms with Crippen molar-refractivity contribution in [3.63, 3.8) is 0 Å². The maximum Gasteiger partial charge on any atom is 0.290 e. The molecule has 70 valence electrons. The fraction of sp³-hybridized carbons (Fsp3) is 0. The summed E-state index contributed by atoms with van der Waals surface area (Å²) in [5, 5.41) is 7.36. The Bertz CT molecular complexity index is 492. The van der Waals surface area contributed by atoms with Gasteiger partial charge >= 0.3 is 0 Å². The predicted molar refractivity (Wildman–Crippen MR) is 51.9 cm³/mol. The summed E-state index contributed by atoms with van der Waals surface area (Å²) < 4.78 is 0.975. The van der Waals surface area contributed by atoms with Gasteiger partial charge in [0.05, 0.1) is 0 Å². The van der Waals surface area contributed by atoms with Gasteiger partial charge in [0.25, 0.3) is 5.56 Å². The number of rotatable bonds is 1. The highest BCUT2D eigenvalue weighted by molar-refractivity contribution is 5.54. The molecule has 2 rings (SSSR count). The van der Waals surface area contributed by atoms with Gasteiger partial charge < -0.3 is 5.84 Å².